The Morgan fingerprint density at radius 3 is 1.96 bits per heavy atom. The maximum atomic E-state index is 11.8. The summed E-state index contributed by atoms with van der Waals surface area (Å²) < 4.78 is 3.90. The molecule has 0 bridgehead atoms. The summed E-state index contributed by atoms with van der Waals surface area (Å²) in [6.07, 6.45) is 0. The highest BCUT2D eigenvalue weighted by molar-refractivity contribution is 7.98. The van der Waals surface area contributed by atoms with Gasteiger partial charge in [-0.1, -0.05) is 65.8 Å². The molecule has 0 heterocycles. The van der Waals surface area contributed by atoms with Gasteiger partial charge in [-0.2, -0.15) is 4.83 Å². The zero-order chi connectivity index (χ0) is 19.2. The number of urea groups is 1. The van der Waals surface area contributed by atoms with E-state index in [1.54, 1.807) is 0 Å². The average molecular weight is 405 g/mol. The van der Waals surface area contributed by atoms with Gasteiger partial charge in [-0.3, -0.25) is 5.43 Å². The third kappa shape index (κ3) is 4.69. The van der Waals surface area contributed by atoms with Crippen LogP contribution in [0.3, 0.4) is 0 Å². The molecule has 138 valence electrons. The van der Waals surface area contributed by atoms with Gasteiger partial charge in [-0.15, -0.1) is 4.52 Å². The first-order chi connectivity index (χ1) is 13.8. The molecule has 28 heavy (non-hydrogen) atoms. The fourth-order valence-corrected chi connectivity index (χ4v) is 3.81. The van der Waals surface area contributed by atoms with E-state index in [4.69, 9.17) is 0 Å². The maximum absolute atomic E-state index is 11.8. The van der Waals surface area contributed by atoms with Crippen molar-refractivity contribution in [1.29, 1.82) is 0 Å². The Morgan fingerprint density at radius 2 is 1.29 bits per heavy atom. The van der Waals surface area contributed by atoms with Crippen LogP contribution < -0.4 is 10.3 Å². The van der Waals surface area contributed by atoms with Crippen LogP contribution >= 0.6 is 23.9 Å². The number of nitrogens with zero attached hydrogens (tertiary/aromatic N) is 2. The van der Waals surface area contributed by atoms with Crippen LogP contribution in [-0.4, -0.2) is 6.03 Å². The Hall–Kier alpha value is -2.87. The number of rotatable bonds is 5. The zero-order valence-corrected chi connectivity index (χ0v) is 16.3. The van der Waals surface area contributed by atoms with Gasteiger partial charge in [0, 0.05) is 21.7 Å². The van der Waals surface area contributed by atoms with Crippen molar-refractivity contribution in [3.8, 4) is 0 Å². The lowest BCUT2D eigenvalue weighted by molar-refractivity contribution is 0.247. The summed E-state index contributed by atoms with van der Waals surface area (Å²) in [5.41, 5.74) is 2.50. The molecular weight excluding hydrogens is 388 g/mol. The molecule has 2 N–H and O–H groups in total. The largest absolute Gasteiger partial charge is 0.375 e. The van der Waals surface area contributed by atoms with Crippen molar-refractivity contribution >= 4 is 51.5 Å². The number of hydrogen-bond acceptors (Lipinski definition) is 5. The average Bonchev–Trinajstić information content (AvgIpc) is 2.73. The van der Waals surface area contributed by atoms with E-state index in [2.05, 4.69) is 44.2 Å². The second-order valence-corrected chi connectivity index (χ2v) is 7.62. The minimum Gasteiger partial charge on any atom is -0.260 e. The van der Waals surface area contributed by atoms with Crippen LogP contribution in [0.2, 0.25) is 0 Å². The monoisotopic (exact) mass is 404 g/mol. The molecule has 0 spiro atoms. The van der Waals surface area contributed by atoms with Gasteiger partial charge >= 0.3 is 6.03 Å². The van der Waals surface area contributed by atoms with E-state index >= 15 is 0 Å². The minimum atomic E-state index is -0.554. The van der Waals surface area contributed by atoms with E-state index in [9.17, 15) is 4.79 Å². The Kier molecular flexibility index (Phi) is 5.86. The van der Waals surface area contributed by atoms with Crippen molar-refractivity contribution in [1.82, 2.24) is 10.3 Å². The van der Waals surface area contributed by atoms with Crippen molar-refractivity contribution in [3.63, 3.8) is 0 Å². The maximum Gasteiger partial charge on any atom is 0.375 e. The molecule has 5 nitrogen and oxygen atoms in total. The third-order valence-electron chi connectivity index (χ3n) is 4.05. The summed E-state index contributed by atoms with van der Waals surface area (Å²) in [6.45, 7) is 0. The molecule has 0 saturated carbocycles. The van der Waals surface area contributed by atoms with Crippen molar-refractivity contribution in [3.05, 3.63) is 84.9 Å². The van der Waals surface area contributed by atoms with Crippen LogP contribution in [0.1, 0.15) is 0 Å². The number of fused-ring (bicyclic) bond motifs is 2. The molecule has 0 aromatic heterocycles. The highest BCUT2D eigenvalue weighted by Crippen LogP contribution is 2.24. The van der Waals surface area contributed by atoms with E-state index in [1.807, 2.05) is 60.7 Å². The lowest BCUT2D eigenvalue weighted by Crippen LogP contribution is -2.29. The molecule has 0 atom stereocenters. The second kappa shape index (κ2) is 8.88. The number of benzene rings is 4. The molecule has 0 saturated heterocycles. The van der Waals surface area contributed by atoms with E-state index in [0.717, 1.165) is 37.9 Å². The highest BCUT2D eigenvalue weighted by atomic mass is 32.2. The number of nitrogens with one attached hydrogen (secondary N) is 2. The fraction of sp³-hybridized carbons (Fsp3) is 0. The first-order valence-corrected chi connectivity index (χ1v) is 10.1. The molecule has 0 aliphatic heterocycles. The van der Waals surface area contributed by atoms with Crippen LogP contribution in [0.5, 0.6) is 0 Å². The standard InChI is InChI=1S/C21H16N4OS2/c26-21(22-24-27-19-11-9-15-5-1-3-7-17(15)13-19)23-25-28-20-12-10-16-6-2-4-8-18(16)14-20/h1-14,24H,(H,22,26)/b25-23+. The summed E-state index contributed by atoms with van der Waals surface area (Å²) in [4.78, 5) is 16.5. The van der Waals surface area contributed by atoms with E-state index < -0.39 is 6.03 Å². The number of amides is 2. The van der Waals surface area contributed by atoms with Crippen LogP contribution in [0, 0.1) is 0 Å². The first-order valence-electron chi connectivity index (χ1n) is 8.55. The molecule has 7 heteroatoms. The molecular formula is C21H16N4OS2. The summed E-state index contributed by atoms with van der Waals surface area (Å²) in [6, 6.07) is 27.7. The van der Waals surface area contributed by atoms with Crippen molar-refractivity contribution in [2.75, 3.05) is 0 Å². The summed E-state index contributed by atoms with van der Waals surface area (Å²) >= 11 is 2.46. The zero-order valence-electron chi connectivity index (χ0n) is 14.7. The Bertz CT molecular complexity index is 1160. The predicted molar refractivity (Wildman–Crippen MR) is 116 cm³/mol. The van der Waals surface area contributed by atoms with Crippen molar-refractivity contribution in [2.45, 2.75) is 9.79 Å². The summed E-state index contributed by atoms with van der Waals surface area (Å²) in [5, 5.41) is 8.25. The second-order valence-electron chi connectivity index (χ2n) is 5.93. The first kappa shape index (κ1) is 18.5. The predicted octanol–water partition coefficient (Wildman–Crippen LogP) is 6.37. The molecule has 2 amide bonds. The topological polar surface area (TPSA) is 65.8 Å². The van der Waals surface area contributed by atoms with Crippen LogP contribution in [0.4, 0.5) is 4.79 Å². The van der Waals surface area contributed by atoms with Gasteiger partial charge in [0.1, 0.15) is 0 Å². The van der Waals surface area contributed by atoms with Gasteiger partial charge in [0.05, 0.1) is 0 Å². The number of hydrogen-bond donors (Lipinski definition) is 2. The smallest absolute Gasteiger partial charge is 0.260 e. The Labute approximate surface area is 170 Å². The number of carbonyl (C=O) groups is 1. The quantitative estimate of drug-likeness (QED) is 0.230. The number of carbonyl (C=O) groups excluding carboxylic acids is 1. The van der Waals surface area contributed by atoms with E-state index in [0.29, 0.717) is 0 Å². The molecule has 0 unspecified atom stereocenters. The SMILES string of the molecule is O=C(/N=N/Sc1ccc2ccccc2c1)NNSc1ccc2ccccc2c1. The Morgan fingerprint density at radius 1 is 0.714 bits per heavy atom. The highest BCUT2D eigenvalue weighted by Gasteiger charge is 2.01. The van der Waals surface area contributed by atoms with Gasteiger partial charge in [-0.05, 0) is 57.8 Å². The molecule has 0 aliphatic carbocycles. The van der Waals surface area contributed by atoms with Crippen LogP contribution in [-0.2, 0) is 0 Å². The molecule has 4 aromatic carbocycles. The molecule has 4 aromatic rings. The van der Waals surface area contributed by atoms with Gasteiger partial charge in [0.25, 0.3) is 0 Å². The van der Waals surface area contributed by atoms with Gasteiger partial charge < -0.3 is 0 Å². The van der Waals surface area contributed by atoms with Gasteiger partial charge in [0.2, 0.25) is 0 Å². The van der Waals surface area contributed by atoms with Crippen molar-refractivity contribution in [2.24, 2.45) is 9.63 Å². The third-order valence-corrected chi connectivity index (χ3v) is 5.37. The van der Waals surface area contributed by atoms with Crippen molar-refractivity contribution < 1.29 is 4.79 Å². The molecule has 0 aliphatic rings. The lowest BCUT2D eigenvalue weighted by Gasteiger charge is -2.05. The van der Waals surface area contributed by atoms with E-state index in [-0.39, 0.29) is 0 Å². The minimum absolute atomic E-state index is 0.554. The summed E-state index contributed by atoms with van der Waals surface area (Å²) in [7, 11) is 0. The van der Waals surface area contributed by atoms with Crippen LogP contribution in [0.15, 0.2) is 104 Å². The van der Waals surface area contributed by atoms with E-state index in [1.165, 1.54) is 17.3 Å². The normalized spacial score (nSPS) is 11.3. The fourth-order valence-electron chi connectivity index (χ4n) is 2.71. The molecule has 4 rings (SSSR count). The lowest BCUT2D eigenvalue weighted by atomic mass is 10.1. The van der Waals surface area contributed by atoms with Gasteiger partial charge in [-0.25, -0.2) is 4.79 Å². The molecule has 0 radical (unpaired) electrons. The molecule has 0 fully saturated rings. The Balaban J connectivity index is 1.27. The van der Waals surface area contributed by atoms with Gasteiger partial charge in [0.15, 0.2) is 0 Å². The van der Waals surface area contributed by atoms with Crippen LogP contribution in [0.25, 0.3) is 21.5 Å². The number of hydrazine groups is 1. The summed E-state index contributed by atoms with van der Waals surface area (Å²) in [5.74, 6) is 0.